The van der Waals surface area contributed by atoms with E-state index in [1.807, 2.05) is 0 Å². The Hall–Kier alpha value is -1.76. The average Bonchev–Trinajstić information content (AvgIpc) is 2.56. The number of Topliss-reactive ketones (excluding diaryl/α,β-unsaturated/α-hetero) is 1. The lowest BCUT2D eigenvalue weighted by Gasteiger charge is -1.97. The van der Waals surface area contributed by atoms with E-state index in [-0.39, 0.29) is 11.4 Å². The second-order valence-corrected chi connectivity index (χ2v) is 4.15. The summed E-state index contributed by atoms with van der Waals surface area (Å²) in [5.74, 6) is -2.34. The van der Waals surface area contributed by atoms with Crippen LogP contribution in [-0.2, 0) is 16.1 Å². The first-order valence-corrected chi connectivity index (χ1v) is 5.22. The maximum Gasteiger partial charge on any atom is 0.347 e. The minimum absolute atomic E-state index is 0.0667. The topological polar surface area (TPSA) is 96.4 Å². The molecule has 0 atom stereocenters. The molecule has 7 heteroatoms. The predicted octanol–water partition coefficient (Wildman–Crippen LogP) is 0.355. The monoisotopic (exact) mass is 242 g/mol. The SMILES string of the molecule is CC(=O)C(=O)NCc1nc(C)c(C(=O)O)s1. The zero-order valence-electron chi connectivity index (χ0n) is 8.73. The van der Waals surface area contributed by atoms with Crippen molar-refractivity contribution in [2.75, 3.05) is 0 Å². The summed E-state index contributed by atoms with van der Waals surface area (Å²) in [5.41, 5.74) is 0.407. The van der Waals surface area contributed by atoms with Gasteiger partial charge in [0, 0.05) is 6.92 Å². The van der Waals surface area contributed by atoms with Crippen LogP contribution in [0.2, 0.25) is 0 Å². The number of aryl methyl sites for hydroxylation is 1. The van der Waals surface area contributed by atoms with E-state index in [9.17, 15) is 14.4 Å². The normalized spacial score (nSPS) is 9.88. The molecular weight excluding hydrogens is 232 g/mol. The Morgan fingerprint density at radius 3 is 2.50 bits per heavy atom. The highest BCUT2D eigenvalue weighted by molar-refractivity contribution is 7.13. The van der Waals surface area contributed by atoms with E-state index in [1.165, 1.54) is 0 Å². The standard InChI is InChI=1S/C9H10N2O4S/c1-4-7(9(14)15)16-6(11-4)3-10-8(13)5(2)12/h3H2,1-2H3,(H,10,13)(H,14,15). The van der Waals surface area contributed by atoms with Gasteiger partial charge in [0.05, 0.1) is 12.2 Å². The summed E-state index contributed by atoms with van der Waals surface area (Å²) in [5, 5.41) is 11.6. The molecule has 1 aromatic heterocycles. The Balaban J connectivity index is 2.69. The molecule has 0 aliphatic rings. The van der Waals surface area contributed by atoms with E-state index in [0.717, 1.165) is 18.3 Å². The summed E-state index contributed by atoms with van der Waals surface area (Å²) < 4.78 is 0. The molecule has 1 amide bonds. The Bertz CT molecular complexity index is 452. The first-order valence-electron chi connectivity index (χ1n) is 4.40. The average molecular weight is 242 g/mol. The summed E-state index contributed by atoms with van der Waals surface area (Å²) in [6.07, 6.45) is 0. The third-order valence-electron chi connectivity index (χ3n) is 1.76. The lowest BCUT2D eigenvalue weighted by Crippen LogP contribution is -2.28. The van der Waals surface area contributed by atoms with Gasteiger partial charge in [0.2, 0.25) is 5.78 Å². The second-order valence-electron chi connectivity index (χ2n) is 3.07. The molecule has 0 spiro atoms. The van der Waals surface area contributed by atoms with Gasteiger partial charge in [-0.3, -0.25) is 9.59 Å². The van der Waals surface area contributed by atoms with Gasteiger partial charge in [0.25, 0.3) is 5.91 Å². The number of carboxylic acid groups (broad SMARTS) is 1. The second kappa shape index (κ2) is 4.84. The van der Waals surface area contributed by atoms with Gasteiger partial charge < -0.3 is 10.4 Å². The Kier molecular flexibility index (Phi) is 3.73. The molecule has 0 bridgehead atoms. The number of thiazole rings is 1. The van der Waals surface area contributed by atoms with Crippen LogP contribution in [-0.4, -0.2) is 27.8 Å². The fourth-order valence-electron chi connectivity index (χ4n) is 1.01. The number of nitrogens with one attached hydrogen (secondary N) is 1. The molecule has 0 saturated heterocycles. The predicted molar refractivity (Wildman–Crippen MR) is 56.3 cm³/mol. The van der Waals surface area contributed by atoms with Crippen molar-refractivity contribution in [1.29, 1.82) is 0 Å². The van der Waals surface area contributed by atoms with Gasteiger partial charge in [-0.05, 0) is 6.92 Å². The largest absolute Gasteiger partial charge is 0.477 e. The molecule has 0 saturated carbocycles. The maximum atomic E-state index is 10.9. The molecule has 1 aromatic rings. The van der Waals surface area contributed by atoms with Crippen molar-refractivity contribution in [3.8, 4) is 0 Å². The molecule has 1 heterocycles. The Morgan fingerprint density at radius 1 is 1.44 bits per heavy atom. The van der Waals surface area contributed by atoms with Crippen molar-refractivity contribution in [3.63, 3.8) is 0 Å². The third-order valence-corrected chi connectivity index (χ3v) is 2.90. The minimum atomic E-state index is -1.04. The molecule has 16 heavy (non-hydrogen) atoms. The van der Waals surface area contributed by atoms with Crippen molar-refractivity contribution in [1.82, 2.24) is 10.3 Å². The molecule has 86 valence electrons. The summed E-state index contributed by atoms with van der Waals surface area (Å²) in [7, 11) is 0. The molecule has 6 nitrogen and oxygen atoms in total. The van der Waals surface area contributed by atoms with E-state index >= 15 is 0 Å². The number of carbonyl (C=O) groups is 3. The van der Waals surface area contributed by atoms with E-state index in [1.54, 1.807) is 6.92 Å². The van der Waals surface area contributed by atoms with Crippen LogP contribution in [0.5, 0.6) is 0 Å². The van der Waals surface area contributed by atoms with Gasteiger partial charge in [-0.15, -0.1) is 11.3 Å². The number of amides is 1. The molecule has 1 rings (SSSR count). The van der Waals surface area contributed by atoms with Crippen LogP contribution in [0.3, 0.4) is 0 Å². The molecular formula is C9H10N2O4S. The van der Waals surface area contributed by atoms with Crippen LogP contribution >= 0.6 is 11.3 Å². The zero-order chi connectivity index (χ0) is 12.3. The Labute approximate surface area is 95.3 Å². The van der Waals surface area contributed by atoms with Crippen molar-refractivity contribution >= 4 is 29.0 Å². The van der Waals surface area contributed by atoms with Gasteiger partial charge >= 0.3 is 5.97 Å². The number of hydrogen-bond acceptors (Lipinski definition) is 5. The maximum absolute atomic E-state index is 10.9. The number of nitrogens with zero attached hydrogens (tertiary/aromatic N) is 1. The molecule has 0 unspecified atom stereocenters. The van der Waals surface area contributed by atoms with Crippen LogP contribution in [0, 0.1) is 6.92 Å². The smallest absolute Gasteiger partial charge is 0.347 e. The highest BCUT2D eigenvalue weighted by Gasteiger charge is 2.14. The quantitative estimate of drug-likeness (QED) is 0.743. The van der Waals surface area contributed by atoms with Gasteiger partial charge in [0.1, 0.15) is 9.88 Å². The fourth-order valence-corrected chi connectivity index (χ4v) is 1.85. The molecule has 2 N–H and O–H groups in total. The minimum Gasteiger partial charge on any atom is -0.477 e. The van der Waals surface area contributed by atoms with E-state index in [4.69, 9.17) is 5.11 Å². The number of aromatic carboxylic acids is 1. The summed E-state index contributed by atoms with van der Waals surface area (Å²) >= 11 is 0.985. The summed E-state index contributed by atoms with van der Waals surface area (Å²) in [4.78, 5) is 36.4. The van der Waals surface area contributed by atoms with Gasteiger partial charge in [-0.2, -0.15) is 0 Å². The lowest BCUT2D eigenvalue weighted by molar-refractivity contribution is -0.136. The number of rotatable bonds is 4. The zero-order valence-corrected chi connectivity index (χ0v) is 9.55. The van der Waals surface area contributed by atoms with Gasteiger partial charge in [0.15, 0.2) is 0 Å². The van der Waals surface area contributed by atoms with E-state index in [0.29, 0.717) is 10.7 Å². The first-order chi connectivity index (χ1) is 7.41. The summed E-state index contributed by atoms with van der Waals surface area (Å²) in [6, 6.07) is 0. The highest BCUT2D eigenvalue weighted by Crippen LogP contribution is 2.17. The Morgan fingerprint density at radius 2 is 2.06 bits per heavy atom. The fraction of sp³-hybridized carbons (Fsp3) is 0.333. The number of hydrogen-bond donors (Lipinski definition) is 2. The van der Waals surface area contributed by atoms with E-state index < -0.39 is 17.7 Å². The molecule has 0 aromatic carbocycles. The van der Waals surface area contributed by atoms with Crippen LogP contribution in [0.4, 0.5) is 0 Å². The number of ketones is 1. The van der Waals surface area contributed by atoms with Crippen molar-refractivity contribution in [3.05, 3.63) is 15.6 Å². The van der Waals surface area contributed by atoms with Crippen molar-refractivity contribution < 1.29 is 19.5 Å². The van der Waals surface area contributed by atoms with Crippen LogP contribution in [0.25, 0.3) is 0 Å². The molecule has 0 radical (unpaired) electrons. The first kappa shape index (κ1) is 12.3. The summed E-state index contributed by atoms with van der Waals surface area (Å²) in [6.45, 7) is 2.80. The van der Waals surface area contributed by atoms with Gasteiger partial charge in [-0.1, -0.05) is 0 Å². The van der Waals surface area contributed by atoms with E-state index in [2.05, 4.69) is 10.3 Å². The van der Waals surface area contributed by atoms with Crippen LogP contribution in [0.15, 0.2) is 0 Å². The lowest BCUT2D eigenvalue weighted by atomic mass is 10.4. The molecule has 0 aliphatic heterocycles. The van der Waals surface area contributed by atoms with Gasteiger partial charge in [-0.25, -0.2) is 9.78 Å². The molecule has 0 aliphatic carbocycles. The van der Waals surface area contributed by atoms with Crippen molar-refractivity contribution in [2.45, 2.75) is 20.4 Å². The van der Waals surface area contributed by atoms with Crippen molar-refractivity contribution in [2.24, 2.45) is 0 Å². The number of carbonyl (C=O) groups excluding carboxylic acids is 2. The van der Waals surface area contributed by atoms with Crippen LogP contribution < -0.4 is 5.32 Å². The number of aromatic nitrogens is 1. The van der Waals surface area contributed by atoms with Crippen LogP contribution in [0.1, 0.15) is 27.3 Å². The molecule has 0 fully saturated rings. The number of carboxylic acids is 1. The third kappa shape index (κ3) is 2.86. The highest BCUT2D eigenvalue weighted by atomic mass is 32.1.